The van der Waals surface area contributed by atoms with Gasteiger partial charge in [0.05, 0.1) is 33.2 Å². The highest BCUT2D eigenvalue weighted by Gasteiger charge is 2.29. The molecule has 1 aromatic carbocycles. The number of aromatic nitrogens is 4. The van der Waals surface area contributed by atoms with Crippen molar-refractivity contribution in [2.75, 3.05) is 25.6 Å². The average Bonchev–Trinajstić information content (AvgIpc) is 3.42. The fourth-order valence-electron chi connectivity index (χ4n) is 3.78. The third-order valence-electron chi connectivity index (χ3n) is 5.46. The lowest BCUT2D eigenvalue weighted by molar-refractivity contribution is 0.389. The molecule has 1 aliphatic heterocycles. The highest BCUT2D eigenvalue weighted by molar-refractivity contribution is 7.98. The second-order valence-electron chi connectivity index (χ2n) is 7.93. The van der Waals surface area contributed by atoms with E-state index in [1.165, 1.54) is 30.2 Å². The number of imidazole rings is 1. The first-order valence-electron chi connectivity index (χ1n) is 10.2. The largest absolute Gasteiger partial charge is 0.416 e. The first-order valence-corrected chi connectivity index (χ1v) is 14.4. The molecule has 13 heteroatoms. The maximum absolute atomic E-state index is 12.4. The van der Waals surface area contributed by atoms with Gasteiger partial charge in [0.1, 0.15) is 5.82 Å². The summed E-state index contributed by atoms with van der Waals surface area (Å²) in [6, 6.07) is 4.96. The molecule has 174 valence electrons. The van der Waals surface area contributed by atoms with E-state index in [9.17, 15) is 16.8 Å². The van der Waals surface area contributed by atoms with Crippen molar-refractivity contribution < 1.29 is 21.3 Å². The Balaban J connectivity index is 1.49. The Bertz CT molecular complexity index is 1340. The molecular formula is C19H25N5O5S3. The van der Waals surface area contributed by atoms with Gasteiger partial charge in [0, 0.05) is 27.1 Å². The highest BCUT2D eigenvalue weighted by atomic mass is 32.2. The quantitative estimate of drug-likeness (QED) is 0.427. The Morgan fingerprint density at radius 1 is 1.28 bits per heavy atom. The number of aryl methyl sites for hydroxylation is 1. The Labute approximate surface area is 191 Å². The molecule has 0 aliphatic carbocycles. The van der Waals surface area contributed by atoms with E-state index in [1.807, 2.05) is 11.5 Å². The van der Waals surface area contributed by atoms with Crippen molar-refractivity contribution in [2.24, 2.45) is 5.92 Å². The summed E-state index contributed by atoms with van der Waals surface area (Å²) in [7, 11) is -3.49. The van der Waals surface area contributed by atoms with E-state index in [0.29, 0.717) is 41.8 Å². The van der Waals surface area contributed by atoms with Gasteiger partial charge < -0.3 is 8.98 Å². The fourth-order valence-corrected chi connectivity index (χ4v) is 7.29. The molecule has 2 aromatic heterocycles. The number of sulfonamides is 1. The first-order chi connectivity index (χ1) is 15.1. The molecule has 0 amide bonds. The van der Waals surface area contributed by atoms with Crippen LogP contribution in [0.15, 0.2) is 32.7 Å². The van der Waals surface area contributed by atoms with Crippen LogP contribution < -0.4 is 0 Å². The minimum absolute atomic E-state index is 0.0234. The van der Waals surface area contributed by atoms with Gasteiger partial charge in [-0.3, -0.25) is 0 Å². The fraction of sp³-hybridized carbons (Fsp3) is 0.526. The van der Waals surface area contributed by atoms with E-state index in [0.717, 1.165) is 11.3 Å². The van der Waals surface area contributed by atoms with Gasteiger partial charge in [0.15, 0.2) is 9.84 Å². The first kappa shape index (κ1) is 23.2. The second-order valence-corrected chi connectivity index (χ2v) is 13.2. The van der Waals surface area contributed by atoms with E-state index in [-0.39, 0.29) is 22.3 Å². The highest BCUT2D eigenvalue weighted by Crippen LogP contribution is 2.28. The molecule has 1 saturated heterocycles. The van der Waals surface area contributed by atoms with Crippen LogP contribution in [0.1, 0.15) is 25.1 Å². The van der Waals surface area contributed by atoms with Crippen LogP contribution in [0.2, 0.25) is 0 Å². The van der Waals surface area contributed by atoms with E-state index in [1.54, 1.807) is 18.2 Å². The number of benzene rings is 1. The molecule has 1 fully saturated rings. The standard InChI is InChI=1S/C19H25N5O5S3/c1-4-24-16-6-5-14(32(27,28)23(2)3)10-15(16)20-17(24)11-30-19-22-21-18(29-19)9-13-7-8-31(25,26)12-13/h5-6,10,13H,4,7-9,11-12H2,1-3H3/t13-/m0/s1. The summed E-state index contributed by atoms with van der Waals surface area (Å²) in [5, 5.41) is 8.50. The number of rotatable bonds is 8. The lowest BCUT2D eigenvalue weighted by atomic mass is 10.1. The predicted molar refractivity (Wildman–Crippen MR) is 121 cm³/mol. The van der Waals surface area contributed by atoms with E-state index < -0.39 is 19.9 Å². The third-order valence-corrected chi connectivity index (χ3v) is 9.92. The van der Waals surface area contributed by atoms with Gasteiger partial charge in [0.25, 0.3) is 5.22 Å². The van der Waals surface area contributed by atoms with Gasteiger partial charge in [0.2, 0.25) is 15.9 Å². The zero-order chi connectivity index (χ0) is 23.1. The van der Waals surface area contributed by atoms with Crippen LogP contribution in [0.4, 0.5) is 0 Å². The monoisotopic (exact) mass is 499 g/mol. The molecule has 3 heterocycles. The van der Waals surface area contributed by atoms with Gasteiger partial charge in [-0.05, 0) is 37.5 Å². The molecule has 4 rings (SSSR count). The molecule has 3 aromatic rings. The van der Waals surface area contributed by atoms with Crippen LogP contribution in [-0.2, 0) is 38.6 Å². The van der Waals surface area contributed by atoms with Crippen LogP contribution in [0.5, 0.6) is 0 Å². The van der Waals surface area contributed by atoms with Crippen molar-refractivity contribution in [3.8, 4) is 0 Å². The minimum atomic E-state index is -3.54. The topological polar surface area (TPSA) is 128 Å². The van der Waals surface area contributed by atoms with E-state index in [4.69, 9.17) is 4.42 Å². The Morgan fingerprint density at radius 2 is 2.06 bits per heavy atom. The molecule has 1 aliphatic rings. The van der Waals surface area contributed by atoms with E-state index in [2.05, 4.69) is 15.2 Å². The summed E-state index contributed by atoms with van der Waals surface area (Å²) < 4.78 is 57.0. The van der Waals surface area contributed by atoms with Crippen molar-refractivity contribution in [3.05, 3.63) is 29.9 Å². The molecule has 0 bridgehead atoms. The minimum Gasteiger partial charge on any atom is -0.416 e. The Morgan fingerprint density at radius 3 is 2.72 bits per heavy atom. The number of fused-ring (bicyclic) bond motifs is 1. The summed E-state index contributed by atoms with van der Waals surface area (Å²) in [6.45, 7) is 2.68. The summed E-state index contributed by atoms with van der Waals surface area (Å²) in [4.78, 5) is 4.84. The van der Waals surface area contributed by atoms with Gasteiger partial charge in [-0.2, -0.15) is 0 Å². The summed E-state index contributed by atoms with van der Waals surface area (Å²) in [5.74, 6) is 2.10. The SMILES string of the molecule is CCn1c(CSc2nnc(C[C@@H]3CCS(=O)(=O)C3)o2)nc2cc(S(=O)(=O)N(C)C)ccc21. The maximum atomic E-state index is 12.4. The number of sulfone groups is 1. The third kappa shape index (κ3) is 4.70. The van der Waals surface area contributed by atoms with Gasteiger partial charge in [-0.25, -0.2) is 26.1 Å². The Hall–Kier alpha value is -1.96. The molecule has 0 N–H and O–H groups in total. The van der Waals surface area contributed by atoms with Crippen LogP contribution in [0.25, 0.3) is 11.0 Å². The van der Waals surface area contributed by atoms with Crippen LogP contribution >= 0.6 is 11.8 Å². The molecule has 1 atom stereocenters. The van der Waals surface area contributed by atoms with Gasteiger partial charge in [-0.15, -0.1) is 10.2 Å². The Kier molecular flexibility index (Phi) is 6.36. The van der Waals surface area contributed by atoms with Crippen molar-refractivity contribution in [1.82, 2.24) is 24.1 Å². The van der Waals surface area contributed by atoms with Crippen LogP contribution in [0, 0.1) is 5.92 Å². The normalized spacial score (nSPS) is 18.7. The summed E-state index contributed by atoms with van der Waals surface area (Å²) in [6.07, 6.45) is 1.09. The molecule has 0 spiro atoms. The van der Waals surface area contributed by atoms with Crippen molar-refractivity contribution in [2.45, 2.75) is 42.2 Å². The van der Waals surface area contributed by atoms with Crippen molar-refractivity contribution in [1.29, 1.82) is 0 Å². The number of hydrogen-bond acceptors (Lipinski definition) is 9. The number of thioether (sulfide) groups is 1. The predicted octanol–water partition coefficient (Wildman–Crippen LogP) is 1.96. The summed E-state index contributed by atoms with van der Waals surface area (Å²) >= 11 is 1.34. The molecule has 0 unspecified atom stereocenters. The van der Waals surface area contributed by atoms with Crippen LogP contribution in [-0.4, -0.2) is 66.5 Å². The number of nitrogens with zero attached hydrogens (tertiary/aromatic N) is 5. The van der Waals surface area contributed by atoms with Gasteiger partial charge >= 0.3 is 0 Å². The van der Waals surface area contributed by atoms with Crippen molar-refractivity contribution in [3.63, 3.8) is 0 Å². The zero-order valence-electron chi connectivity index (χ0n) is 18.1. The average molecular weight is 500 g/mol. The molecule has 0 radical (unpaired) electrons. The maximum Gasteiger partial charge on any atom is 0.277 e. The molecular weight excluding hydrogens is 474 g/mol. The van der Waals surface area contributed by atoms with Gasteiger partial charge in [-0.1, -0.05) is 11.8 Å². The molecule has 10 nitrogen and oxygen atoms in total. The number of hydrogen-bond donors (Lipinski definition) is 0. The summed E-state index contributed by atoms with van der Waals surface area (Å²) in [5.41, 5.74) is 1.47. The lowest BCUT2D eigenvalue weighted by Gasteiger charge is -2.11. The van der Waals surface area contributed by atoms with E-state index >= 15 is 0 Å². The van der Waals surface area contributed by atoms with Crippen LogP contribution in [0.3, 0.4) is 0 Å². The second kappa shape index (κ2) is 8.76. The smallest absolute Gasteiger partial charge is 0.277 e. The van der Waals surface area contributed by atoms with Crippen molar-refractivity contribution >= 4 is 42.7 Å². The zero-order valence-corrected chi connectivity index (χ0v) is 20.5. The lowest BCUT2D eigenvalue weighted by Crippen LogP contribution is -2.22. The molecule has 32 heavy (non-hydrogen) atoms. The molecule has 0 saturated carbocycles.